The maximum absolute atomic E-state index is 9.55. The van der Waals surface area contributed by atoms with Gasteiger partial charge in [0, 0.05) is 0 Å². The molecule has 1 nitrogen and oxygen atoms in total. The summed E-state index contributed by atoms with van der Waals surface area (Å²) in [6.07, 6.45) is 8.85. The third kappa shape index (κ3) is 7.07. The molecule has 0 saturated heterocycles. The van der Waals surface area contributed by atoms with Crippen LogP contribution in [0.2, 0.25) is 0 Å². The van der Waals surface area contributed by atoms with Crippen LogP contribution < -0.4 is 0 Å². The van der Waals surface area contributed by atoms with Crippen LogP contribution in [-0.2, 0) is 6.42 Å². The number of aryl methyl sites for hydroxylation is 1. The molecule has 0 fully saturated rings. The SMILES string of the molecule is CCCCCCCCc1ccccc1O.[KH]. The van der Waals surface area contributed by atoms with E-state index in [-0.39, 0.29) is 51.4 Å². The predicted octanol–water partition coefficient (Wildman–Crippen LogP) is 3.65. The van der Waals surface area contributed by atoms with Crippen LogP contribution in [0.3, 0.4) is 0 Å². The van der Waals surface area contributed by atoms with Crippen LogP contribution in [0, 0.1) is 0 Å². The van der Waals surface area contributed by atoms with Crippen LogP contribution in [0.5, 0.6) is 5.75 Å². The summed E-state index contributed by atoms with van der Waals surface area (Å²) < 4.78 is 0. The third-order valence-corrected chi connectivity index (χ3v) is 2.79. The summed E-state index contributed by atoms with van der Waals surface area (Å²) in [6.45, 7) is 2.24. The molecule has 0 aliphatic carbocycles. The normalized spacial score (nSPS) is 9.81. The Balaban J connectivity index is 0.00000225. The molecule has 0 aliphatic heterocycles. The summed E-state index contributed by atoms with van der Waals surface area (Å²) >= 11 is 0. The predicted molar refractivity (Wildman–Crippen MR) is 72.3 cm³/mol. The van der Waals surface area contributed by atoms with E-state index in [0.29, 0.717) is 5.75 Å². The fourth-order valence-corrected chi connectivity index (χ4v) is 1.82. The van der Waals surface area contributed by atoms with E-state index in [1.165, 1.54) is 38.5 Å². The molecule has 0 atom stereocenters. The molecule has 16 heavy (non-hydrogen) atoms. The van der Waals surface area contributed by atoms with Crippen LogP contribution in [0.15, 0.2) is 24.3 Å². The number of phenols is 1. The zero-order chi connectivity index (χ0) is 10.9. The Labute approximate surface area is 142 Å². The quantitative estimate of drug-likeness (QED) is 0.575. The monoisotopic (exact) mass is 246 g/mol. The zero-order valence-electron chi connectivity index (χ0n) is 9.71. The third-order valence-electron chi connectivity index (χ3n) is 2.79. The number of hydrogen-bond donors (Lipinski definition) is 1. The van der Waals surface area contributed by atoms with E-state index in [0.717, 1.165) is 12.0 Å². The number of unbranched alkanes of at least 4 members (excludes halogenated alkanes) is 5. The fourth-order valence-electron chi connectivity index (χ4n) is 1.82. The van der Waals surface area contributed by atoms with Crippen LogP contribution in [-0.4, -0.2) is 56.5 Å². The van der Waals surface area contributed by atoms with Crippen molar-refractivity contribution < 1.29 is 5.11 Å². The van der Waals surface area contributed by atoms with Crippen LogP contribution >= 0.6 is 0 Å². The Bertz CT molecular complexity index is 273. The van der Waals surface area contributed by atoms with Gasteiger partial charge < -0.3 is 5.11 Å². The first-order valence-corrected chi connectivity index (χ1v) is 6.11. The van der Waals surface area contributed by atoms with E-state index in [2.05, 4.69) is 6.92 Å². The molecule has 1 aromatic rings. The van der Waals surface area contributed by atoms with Crippen LogP contribution in [0.1, 0.15) is 51.0 Å². The maximum atomic E-state index is 9.55. The van der Waals surface area contributed by atoms with Gasteiger partial charge in [0.05, 0.1) is 0 Å². The Morgan fingerprint density at radius 2 is 1.56 bits per heavy atom. The standard InChI is InChI=1S/C14H22O.K.H/c1-2-3-4-5-6-7-10-13-11-8-9-12-14(13)15;;/h8-9,11-12,15H,2-7,10H2,1H3;;. The van der Waals surface area contributed by atoms with E-state index in [9.17, 15) is 5.11 Å². The number of para-hydroxylation sites is 1. The minimum absolute atomic E-state index is 0. The molecule has 1 aromatic carbocycles. The Kier molecular flexibility index (Phi) is 11.2. The van der Waals surface area contributed by atoms with Gasteiger partial charge in [0.15, 0.2) is 0 Å². The van der Waals surface area contributed by atoms with Gasteiger partial charge in [0.25, 0.3) is 0 Å². The molecule has 0 spiro atoms. The summed E-state index contributed by atoms with van der Waals surface area (Å²) in [4.78, 5) is 0. The van der Waals surface area contributed by atoms with Gasteiger partial charge in [-0.2, -0.15) is 0 Å². The molecule has 0 unspecified atom stereocenters. The summed E-state index contributed by atoms with van der Waals surface area (Å²) in [6, 6.07) is 7.65. The first-order valence-electron chi connectivity index (χ1n) is 6.11. The number of rotatable bonds is 7. The average Bonchev–Trinajstić information content (AvgIpc) is 2.25. The molecule has 0 aromatic heterocycles. The van der Waals surface area contributed by atoms with E-state index in [4.69, 9.17) is 0 Å². The Morgan fingerprint density at radius 1 is 0.938 bits per heavy atom. The van der Waals surface area contributed by atoms with Crippen molar-refractivity contribution >= 4 is 51.4 Å². The van der Waals surface area contributed by atoms with Gasteiger partial charge in [-0.25, -0.2) is 0 Å². The molecular weight excluding hydrogens is 223 g/mol. The second-order valence-electron chi connectivity index (χ2n) is 4.15. The van der Waals surface area contributed by atoms with Gasteiger partial charge in [0.1, 0.15) is 5.75 Å². The van der Waals surface area contributed by atoms with Gasteiger partial charge in [-0.1, -0.05) is 57.2 Å². The van der Waals surface area contributed by atoms with E-state index >= 15 is 0 Å². The van der Waals surface area contributed by atoms with E-state index in [1.54, 1.807) is 6.07 Å². The number of hydrogen-bond acceptors (Lipinski definition) is 1. The van der Waals surface area contributed by atoms with Crippen molar-refractivity contribution in [3.8, 4) is 5.75 Å². The van der Waals surface area contributed by atoms with E-state index < -0.39 is 0 Å². The van der Waals surface area contributed by atoms with Crippen molar-refractivity contribution in [2.75, 3.05) is 0 Å². The van der Waals surface area contributed by atoms with Crippen molar-refractivity contribution in [1.29, 1.82) is 0 Å². The number of benzene rings is 1. The van der Waals surface area contributed by atoms with Gasteiger partial charge in [-0.05, 0) is 24.5 Å². The molecular formula is C14H23KO. The number of aromatic hydroxyl groups is 1. The molecule has 0 bridgehead atoms. The van der Waals surface area contributed by atoms with E-state index in [1.807, 2.05) is 18.2 Å². The zero-order valence-corrected chi connectivity index (χ0v) is 9.71. The topological polar surface area (TPSA) is 20.2 Å². The van der Waals surface area contributed by atoms with Crippen LogP contribution in [0.4, 0.5) is 0 Å². The van der Waals surface area contributed by atoms with Gasteiger partial charge in [0.2, 0.25) is 0 Å². The molecule has 2 heteroatoms. The van der Waals surface area contributed by atoms with Crippen LogP contribution in [0.25, 0.3) is 0 Å². The van der Waals surface area contributed by atoms with Crippen molar-refractivity contribution in [3.05, 3.63) is 29.8 Å². The van der Waals surface area contributed by atoms with Crippen molar-refractivity contribution in [3.63, 3.8) is 0 Å². The molecule has 0 amide bonds. The Hall–Kier alpha value is 0.656. The first kappa shape index (κ1) is 16.7. The second kappa shape index (κ2) is 10.8. The van der Waals surface area contributed by atoms with Crippen molar-refractivity contribution in [1.82, 2.24) is 0 Å². The first-order chi connectivity index (χ1) is 7.34. The molecule has 0 heterocycles. The minimum atomic E-state index is 0. The van der Waals surface area contributed by atoms with Gasteiger partial charge in [-0.3, -0.25) is 0 Å². The Morgan fingerprint density at radius 3 is 2.25 bits per heavy atom. The molecule has 0 saturated carbocycles. The molecule has 0 radical (unpaired) electrons. The number of phenolic OH excluding ortho intramolecular Hbond substituents is 1. The van der Waals surface area contributed by atoms with Crippen molar-refractivity contribution in [2.45, 2.75) is 51.9 Å². The summed E-state index contributed by atoms with van der Waals surface area (Å²) in [5, 5.41) is 9.55. The van der Waals surface area contributed by atoms with Crippen molar-refractivity contribution in [2.24, 2.45) is 0 Å². The fraction of sp³-hybridized carbons (Fsp3) is 0.571. The average molecular weight is 246 g/mol. The van der Waals surface area contributed by atoms with Gasteiger partial charge in [-0.15, -0.1) is 0 Å². The summed E-state index contributed by atoms with van der Waals surface area (Å²) in [5.74, 6) is 0.450. The molecule has 86 valence electrons. The molecule has 0 aliphatic rings. The molecule has 1 N–H and O–H groups in total. The second-order valence-corrected chi connectivity index (χ2v) is 4.15. The summed E-state index contributed by atoms with van der Waals surface area (Å²) in [5.41, 5.74) is 1.09. The van der Waals surface area contributed by atoms with Gasteiger partial charge >= 0.3 is 51.4 Å². The molecule has 1 rings (SSSR count). The summed E-state index contributed by atoms with van der Waals surface area (Å²) in [7, 11) is 0.